The molecule has 0 fully saturated rings. The molecule has 4 rings (SSSR count). The maximum absolute atomic E-state index is 15.0. The number of hydrogen-bond acceptors (Lipinski definition) is 3. The van der Waals surface area contributed by atoms with Crippen molar-refractivity contribution in [2.24, 2.45) is 0 Å². The Labute approximate surface area is 226 Å². The predicted molar refractivity (Wildman–Crippen MR) is 110 cm³/mol. The van der Waals surface area contributed by atoms with Crippen LogP contribution < -0.4 is 0 Å². The Hall–Kier alpha value is -3.60. The first-order valence-electron chi connectivity index (χ1n) is 10.1. The molecule has 0 aliphatic rings. The molecule has 0 bridgehead atoms. The number of aromatic nitrogens is 2. The minimum absolute atomic E-state index is 0. The molecule has 0 atom stereocenters. The van der Waals surface area contributed by atoms with Gasteiger partial charge in [0.15, 0.2) is 0 Å². The summed E-state index contributed by atoms with van der Waals surface area (Å²) in [6.45, 7) is 0. The molecule has 0 saturated heterocycles. The van der Waals surface area contributed by atoms with Crippen molar-refractivity contribution in [2.45, 2.75) is 12.4 Å². The maximum Gasteiger partial charge on any atom is 2.00 e. The van der Waals surface area contributed by atoms with E-state index in [0.29, 0.717) is 0 Å². The minimum atomic E-state index is -5.76. The Morgan fingerprint density at radius 3 is 1.90 bits per heavy atom. The molecule has 0 radical (unpaired) electrons. The summed E-state index contributed by atoms with van der Waals surface area (Å²) in [5.74, 6) is -11.7. The van der Waals surface area contributed by atoms with Crippen molar-refractivity contribution in [1.82, 2.24) is 9.97 Å². The third-order valence-electron chi connectivity index (χ3n) is 5.10. The van der Waals surface area contributed by atoms with Crippen molar-refractivity contribution in [3.8, 4) is 22.6 Å². The molecule has 204 valence electrons. The molecule has 0 aliphatic carbocycles. The van der Waals surface area contributed by atoms with Crippen LogP contribution >= 0.6 is 0 Å². The first-order chi connectivity index (χ1) is 17.7. The van der Waals surface area contributed by atoms with Gasteiger partial charge in [-0.25, -0.2) is 0 Å². The standard InChI is InChI=1S/C25H8F10N2O.Pt/c26-14-8-7-11(20(27)18(14)24(30,31)32)23(38)13-10-12(21(28)19(22(13)29)25(33,34)35)15-5-3-6-17(37-15)16-4-1-2-9-36-16;/h1-6,8-9H;/q-2;+2. The van der Waals surface area contributed by atoms with Gasteiger partial charge in [0.25, 0.3) is 0 Å². The van der Waals surface area contributed by atoms with E-state index in [1.54, 1.807) is 18.2 Å². The van der Waals surface area contributed by atoms with Gasteiger partial charge in [0.2, 0.25) is 0 Å². The van der Waals surface area contributed by atoms with Crippen molar-refractivity contribution >= 4 is 5.78 Å². The Morgan fingerprint density at radius 2 is 1.31 bits per heavy atom. The van der Waals surface area contributed by atoms with Crippen molar-refractivity contribution in [3.63, 3.8) is 0 Å². The number of halogens is 10. The van der Waals surface area contributed by atoms with Crippen LogP contribution in [0, 0.1) is 35.4 Å². The van der Waals surface area contributed by atoms with Gasteiger partial charge in [-0.15, -0.1) is 18.2 Å². The van der Waals surface area contributed by atoms with Gasteiger partial charge >= 0.3 is 33.4 Å². The normalized spacial score (nSPS) is 11.7. The number of nitrogens with zero attached hydrogens (tertiary/aromatic N) is 2. The average Bonchev–Trinajstić information content (AvgIpc) is 2.83. The number of alkyl halides is 6. The topological polar surface area (TPSA) is 42.9 Å². The molecule has 0 spiro atoms. The fraction of sp³-hybridized carbons (Fsp3) is 0.0800. The summed E-state index contributed by atoms with van der Waals surface area (Å²) in [7, 11) is 0. The van der Waals surface area contributed by atoms with E-state index in [4.69, 9.17) is 0 Å². The van der Waals surface area contributed by atoms with Crippen LogP contribution in [0.5, 0.6) is 0 Å². The van der Waals surface area contributed by atoms with Crippen LogP contribution in [-0.4, -0.2) is 15.8 Å². The molecule has 2 aromatic carbocycles. The van der Waals surface area contributed by atoms with E-state index in [0.717, 1.165) is 6.07 Å². The summed E-state index contributed by atoms with van der Waals surface area (Å²) in [6.07, 6.45) is -10.1. The van der Waals surface area contributed by atoms with Gasteiger partial charge in [-0.05, 0) is 23.8 Å². The van der Waals surface area contributed by atoms with E-state index < -0.39 is 74.9 Å². The molecule has 0 unspecified atom stereocenters. The van der Waals surface area contributed by atoms with Crippen molar-refractivity contribution in [1.29, 1.82) is 0 Å². The zero-order valence-corrected chi connectivity index (χ0v) is 20.8. The summed E-state index contributed by atoms with van der Waals surface area (Å²) in [6, 6.07) is 11.3. The van der Waals surface area contributed by atoms with Crippen LogP contribution in [0.4, 0.5) is 43.9 Å². The molecule has 0 aliphatic heterocycles. The van der Waals surface area contributed by atoms with Crippen LogP contribution in [-0.2, 0) is 33.4 Å². The van der Waals surface area contributed by atoms with E-state index >= 15 is 4.39 Å². The predicted octanol–water partition coefficient (Wildman–Crippen LogP) is 7.23. The van der Waals surface area contributed by atoms with Crippen LogP contribution in [0.15, 0.2) is 48.7 Å². The van der Waals surface area contributed by atoms with E-state index in [1.807, 2.05) is 0 Å². The second-order valence-corrected chi connectivity index (χ2v) is 7.53. The molecule has 2 heterocycles. The molecular weight excluding hydrogens is 729 g/mol. The summed E-state index contributed by atoms with van der Waals surface area (Å²) in [4.78, 5) is 20.7. The van der Waals surface area contributed by atoms with Gasteiger partial charge in [0.05, 0.1) is 40.2 Å². The quantitative estimate of drug-likeness (QED) is 0.126. The molecule has 14 heteroatoms. The van der Waals surface area contributed by atoms with Crippen LogP contribution in [0.2, 0.25) is 0 Å². The number of ketones is 1. The van der Waals surface area contributed by atoms with Gasteiger partial charge in [0, 0.05) is 17.5 Å². The fourth-order valence-electron chi connectivity index (χ4n) is 3.44. The number of benzene rings is 2. The van der Waals surface area contributed by atoms with E-state index in [9.17, 15) is 44.3 Å². The number of pyridine rings is 2. The monoisotopic (exact) mass is 737 g/mol. The Morgan fingerprint density at radius 1 is 0.718 bits per heavy atom. The van der Waals surface area contributed by atoms with Gasteiger partial charge in [0.1, 0.15) is 5.78 Å². The number of rotatable bonds is 4. The molecule has 4 aromatic rings. The van der Waals surface area contributed by atoms with Crippen molar-refractivity contribution in [3.05, 3.63) is 106 Å². The molecule has 0 amide bonds. The first kappa shape index (κ1) is 29.9. The summed E-state index contributed by atoms with van der Waals surface area (Å²) >= 11 is 0. The zero-order valence-electron chi connectivity index (χ0n) is 18.5. The third kappa shape index (κ3) is 5.73. The molecule has 2 aromatic heterocycles. The van der Waals surface area contributed by atoms with Crippen molar-refractivity contribution in [2.75, 3.05) is 0 Å². The van der Waals surface area contributed by atoms with Gasteiger partial charge in [-0.1, -0.05) is 29.3 Å². The van der Waals surface area contributed by atoms with Crippen LogP contribution in [0.25, 0.3) is 22.6 Å². The maximum atomic E-state index is 15.0. The SMILES string of the molecule is O=C(c1[c-]cc(F)c(C(F)(F)F)c1F)c1[c-]c(-c2cccc(-c3ccccn3)n2)c(F)c(C(F)(F)F)c1F.[Pt+2]. The molecular formula is C25H8F10N2OPt. The Kier molecular flexibility index (Phi) is 8.35. The van der Waals surface area contributed by atoms with Gasteiger partial charge in [-0.2, -0.15) is 26.3 Å². The molecule has 3 nitrogen and oxygen atoms in total. The number of carbonyl (C=O) groups excluding carboxylic acids is 1. The minimum Gasteiger partial charge on any atom is -0.337 e. The van der Waals surface area contributed by atoms with Gasteiger partial charge < -0.3 is 4.79 Å². The summed E-state index contributed by atoms with van der Waals surface area (Å²) in [5, 5.41) is 0. The molecule has 0 N–H and O–H groups in total. The average molecular weight is 737 g/mol. The second kappa shape index (κ2) is 10.9. The van der Waals surface area contributed by atoms with Crippen LogP contribution in [0.3, 0.4) is 0 Å². The third-order valence-corrected chi connectivity index (χ3v) is 5.10. The second-order valence-electron chi connectivity index (χ2n) is 7.53. The summed E-state index contributed by atoms with van der Waals surface area (Å²) in [5.41, 5.74) is -10.2. The largest absolute Gasteiger partial charge is 2.00 e. The molecule has 39 heavy (non-hydrogen) atoms. The Bertz CT molecular complexity index is 1550. The zero-order chi connectivity index (χ0) is 28.0. The Balaban J connectivity index is 0.00000420. The van der Waals surface area contributed by atoms with E-state index in [2.05, 4.69) is 9.97 Å². The number of hydrogen-bond donors (Lipinski definition) is 0. The van der Waals surface area contributed by atoms with Crippen LogP contribution in [0.1, 0.15) is 27.0 Å². The smallest absolute Gasteiger partial charge is 0.337 e. The van der Waals surface area contributed by atoms with E-state index in [1.165, 1.54) is 30.5 Å². The fourth-order valence-corrected chi connectivity index (χ4v) is 3.44. The van der Waals surface area contributed by atoms with E-state index in [-0.39, 0.29) is 38.5 Å². The van der Waals surface area contributed by atoms with Crippen molar-refractivity contribution < 1.29 is 69.8 Å². The summed E-state index contributed by atoms with van der Waals surface area (Å²) < 4.78 is 138. The van der Waals surface area contributed by atoms with Gasteiger partial charge in [-0.3, -0.25) is 27.5 Å². The number of carbonyl (C=O) groups is 1. The molecule has 0 saturated carbocycles. The first-order valence-corrected chi connectivity index (χ1v) is 10.1.